The second kappa shape index (κ2) is 8.77. The summed E-state index contributed by atoms with van der Waals surface area (Å²) in [6, 6.07) is -5.46. The minimum Gasteiger partial charge on any atom is -0.494 e. The molecule has 4 aromatic rings. The molecule has 11 heteroatoms. The van der Waals surface area contributed by atoms with Gasteiger partial charge < -0.3 is 19.5 Å². The van der Waals surface area contributed by atoms with Gasteiger partial charge in [-0.25, -0.2) is 9.67 Å². The van der Waals surface area contributed by atoms with Gasteiger partial charge in [-0.3, -0.25) is 14.4 Å². The van der Waals surface area contributed by atoms with E-state index in [9.17, 15) is 14.4 Å². The normalized spacial score (nSPS) is 25.3. The smallest absolute Gasteiger partial charge is 0.295 e. The number of fused-ring (bicyclic) bond motifs is 1. The first-order chi connectivity index (χ1) is 21.7. The molecule has 1 aliphatic rings. The molecule has 34 heavy (non-hydrogen) atoms. The highest BCUT2D eigenvalue weighted by Crippen LogP contribution is 2.31. The topological polar surface area (TPSA) is 126 Å². The van der Waals surface area contributed by atoms with Gasteiger partial charge in [0.25, 0.3) is 17.6 Å². The number of amides is 2. The zero-order chi connectivity index (χ0) is 35.2. The van der Waals surface area contributed by atoms with Crippen LogP contribution < -0.4 is 4.74 Å². The maximum Gasteiger partial charge on any atom is 0.295 e. The lowest BCUT2D eigenvalue weighted by molar-refractivity contribution is -0.127. The van der Waals surface area contributed by atoms with Crippen LogP contribution in [0, 0.1) is 0 Å². The minimum atomic E-state index is -4.03. The standard InChI is InChI=1S/C23H21N7O4/c1-34-17-14-25-21(30-8-7-26-27-30)19-18(17)16(13-24-19)20(31)23(33)29-11-9-28(10-12-29)22(32)15-5-3-2-4-6-15/h2-8,13-14,24H,9-12H2,1H3/i2D,3D,4D,5D,6D,9D2,10D2,11D2,12D2. The number of hydrogen-bond donors (Lipinski definition) is 1. The summed E-state index contributed by atoms with van der Waals surface area (Å²) in [5, 5.41) is 7.37. The van der Waals surface area contributed by atoms with Crippen LogP contribution in [0.3, 0.4) is 0 Å². The summed E-state index contributed by atoms with van der Waals surface area (Å²) in [6.45, 7) is -16.1. The van der Waals surface area contributed by atoms with E-state index >= 15 is 0 Å². The quantitative estimate of drug-likeness (QED) is 0.343. The molecule has 11 nitrogen and oxygen atoms in total. The Balaban J connectivity index is 1.65. The summed E-state index contributed by atoms with van der Waals surface area (Å²) in [7, 11) is 1.21. The maximum atomic E-state index is 13.8. The predicted molar refractivity (Wildman–Crippen MR) is 121 cm³/mol. The number of carbonyl (C=O) groups is 3. The SMILES string of the molecule is [2H]c1c([2H])c([2H])c(C(=O)N2C([2H])([2H])C([2H])([2H])N(C(=O)C(=O)c3c[nH]c4c(-n5ccnn5)ncc(OC)c34)C([2H])([2H])C2([2H])[2H])c([2H])c1[2H]. The average Bonchev–Trinajstić information content (AvgIpc) is 3.68. The fourth-order valence-corrected chi connectivity index (χ4v) is 3.08. The van der Waals surface area contributed by atoms with Crippen LogP contribution in [0.5, 0.6) is 5.75 Å². The van der Waals surface area contributed by atoms with Crippen molar-refractivity contribution in [3.05, 3.63) is 66.1 Å². The molecule has 0 radical (unpaired) electrons. The average molecular weight is 473 g/mol. The third-order valence-corrected chi connectivity index (χ3v) is 4.62. The molecule has 0 unspecified atom stereocenters. The first-order valence-electron chi connectivity index (χ1n) is 15.9. The van der Waals surface area contributed by atoms with E-state index in [-0.39, 0.29) is 22.5 Å². The van der Waals surface area contributed by atoms with Gasteiger partial charge in [0.05, 0.1) is 60.0 Å². The molecule has 3 aromatic heterocycles. The number of nitrogens with one attached hydrogen (secondary N) is 1. The van der Waals surface area contributed by atoms with Gasteiger partial charge in [0.1, 0.15) is 5.75 Å². The molecule has 1 aromatic carbocycles. The molecule has 1 fully saturated rings. The number of ether oxygens (including phenoxy) is 1. The second-order valence-corrected chi connectivity index (χ2v) is 6.51. The molecule has 172 valence electrons. The van der Waals surface area contributed by atoms with Gasteiger partial charge in [-0.15, -0.1) is 5.10 Å². The Hall–Kier alpha value is -4.54. The number of aromatic amines is 1. The van der Waals surface area contributed by atoms with E-state index in [2.05, 4.69) is 20.3 Å². The van der Waals surface area contributed by atoms with Gasteiger partial charge in [-0.1, -0.05) is 23.3 Å². The molecular formula is C23H21N7O4. The Morgan fingerprint density at radius 2 is 1.85 bits per heavy atom. The summed E-state index contributed by atoms with van der Waals surface area (Å²) in [5.74, 6) is -5.73. The molecule has 0 spiro atoms. The summed E-state index contributed by atoms with van der Waals surface area (Å²) in [6.07, 6.45) is 4.88. The van der Waals surface area contributed by atoms with E-state index < -0.39 is 94.7 Å². The van der Waals surface area contributed by atoms with Crippen molar-refractivity contribution in [2.75, 3.05) is 33.1 Å². The van der Waals surface area contributed by atoms with Crippen LogP contribution in [0.2, 0.25) is 0 Å². The van der Waals surface area contributed by atoms with Crippen LogP contribution >= 0.6 is 0 Å². The molecule has 2 amide bonds. The van der Waals surface area contributed by atoms with Crippen molar-refractivity contribution in [2.24, 2.45) is 0 Å². The Kier molecular flexibility index (Phi) is 2.85. The van der Waals surface area contributed by atoms with E-state index in [1.54, 1.807) is 0 Å². The number of benzene rings is 1. The van der Waals surface area contributed by atoms with Gasteiger partial charge in [0.2, 0.25) is 0 Å². The minimum absolute atomic E-state index is 0.0664. The van der Waals surface area contributed by atoms with Crippen molar-refractivity contribution in [2.45, 2.75) is 0 Å². The van der Waals surface area contributed by atoms with E-state index in [1.165, 1.54) is 24.2 Å². The van der Waals surface area contributed by atoms with Crippen LogP contribution in [0.4, 0.5) is 0 Å². The van der Waals surface area contributed by atoms with Crippen LogP contribution in [0.15, 0.2) is 55.0 Å². The molecule has 0 atom stereocenters. The predicted octanol–water partition coefficient (Wildman–Crippen LogP) is 1.32. The van der Waals surface area contributed by atoms with Crippen molar-refractivity contribution >= 4 is 28.5 Å². The highest BCUT2D eigenvalue weighted by molar-refractivity contribution is 6.45. The fourth-order valence-electron chi connectivity index (χ4n) is 3.08. The number of Topliss-reactive ketones (excluding diaryl/α,β-unsaturated/α-hetero) is 1. The third kappa shape index (κ3) is 3.66. The van der Waals surface area contributed by atoms with Gasteiger partial charge in [0, 0.05) is 37.7 Å². The summed E-state index contributed by atoms with van der Waals surface area (Å²) < 4.78 is 114. The zero-order valence-electron chi connectivity index (χ0n) is 30.1. The largest absolute Gasteiger partial charge is 0.494 e. The fraction of sp³-hybridized carbons (Fsp3) is 0.217. The van der Waals surface area contributed by atoms with Crippen LogP contribution in [-0.4, -0.2) is 85.5 Å². The number of aromatic nitrogens is 5. The maximum absolute atomic E-state index is 13.8. The summed E-state index contributed by atoms with van der Waals surface area (Å²) >= 11 is 0. The van der Waals surface area contributed by atoms with Gasteiger partial charge >= 0.3 is 0 Å². The Morgan fingerprint density at radius 3 is 2.53 bits per heavy atom. The van der Waals surface area contributed by atoms with Gasteiger partial charge in [-0.2, -0.15) is 0 Å². The first kappa shape index (κ1) is 11.1. The summed E-state index contributed by atoms with van der Waals surface area (Å²) in [5.41, 5.74) is -1.75. The van der Waals surface area contributed by atoms with Crippen LogP contribution in [0.1, 0.15) is 38.5 Å². The van der Waals surface area contributed by atoms with Gasteiger partial charge in [-0.05, 0) is 12.1 Å². The first-order valence-corrected chi connectivity index (χ1v) is 9.39. The second-order valence-electron chi connectivity index (χ2n) is 6.51. The lowest BCUT2D eigenvalue weighted by Crippen LogP contribution is -2.52. The lowest BCUT2D eigenvalue weighted by Gasteiger charge is -2.34. The lowest BCUT2D eigenvalue weighted by atomic mass is 10.1. The Morgan fingerprint density at radius 1 is 1.12 bits per heavy atom. The molecule has 0 aliphatic carbocycles. The molecular weight excluding hydrogens is 438 g/mol. The molecule has 5 rings (SSSR count). The zero-order valence-corrected chi connectivity index (χ0v) is 17.1. The van der Waals surface area contributed by atoms with Crippen molar-refractivity contribution in [3.8, 4) is 11.6 Å². The molecule has 1 aliphatic heterocycles. The molecule has 0 bridgehead atoms. The van der Waals surface area contributed by atoms with E-state index in [0.717, 1.165) is 12.4 Å². The van der Waals surface area contributed by atoms with Crippen molar-refractivity contribution < 1.29 is 36.9 Å². The molecule has 1 saturated heterocycles. The van der Waals surface area contributed by atoms with E-state index in [4.69, 9.17) is 22.6 Å². The monoisotopic (exact) mass is 472 g/mol. The number of H-pyrrole nitrogens is 1. The third-order valence-electron chi connectivity index (χ3n) is 4.62. The van der Waals surface area contributed by atoms with Crippen molar-refractivity contribution in [1.82, 2.24) is 34.8 Å². The number of nitrogens with zero attached hydrogens (tertiary/aromatic N) is 6. The number of carbonyl (C=O) groups excluding carboxylic acids is 3. The summed E-state index contributed by atoms with van der Waals surface area (Å²) in [4.78, 5) is 46.8. The highest BCUT2D eigenvalue weighted by Gasteiger charge is 2.31. The van der Waals surface area contributed by atoms with Crippen LogP contribution in [-0.2, 0) is 4.79 Å². The molecule has 4 heterocycles. The van der Waals surface area contributed by atoms with Crippen LogP contribution in [0.25, 0.3) is 16.7 Å². The van der Waals surface area contributed by atoms with Gasteiger partial charge in [0.15, 0.2) is 5.82 Å². The van der Waals surface area contributed by atoms with Crippen molar-refractivity contribution in [1.29, 1.82) is 0 Å². The number of piperazine rings is 1. The Labute approximate surface area is 212 Å². The number of rotatable bonds is 5. The number of hydrogen-bond acceptors (Lipinski definition) is 7. The number of methoxy groups -OCH3 is 1. The van der Waals surface area contributed by atoms with Crippen molar-refractivity contribution in [3.63, 3.8) is 0 Å². The van der Waals surface area contributed by atoms with E-state index in [0.29, 0.717) is 0 Å². The number of ketones is 1. The number of pyridine rings is 1. The molecule has 1 N–H and O–H groups in total. The Bertz CT molecular complexity index is 1920. The highest BCUT2D eigenvalue weighted by atomic mass is 16.5. The molecule has 0 saturated carbocycles. The van der Waals surface area contributed by atoms with E-state index in [1.807, 2.05) is 0 Å².